The smallest absolute Gasteiger partial charge is 0.243 e. The fourth-order valence-corrected chi connectivity index (χ4v) is 5.43. The number of hydrogen-bond acceptors (Lipinski definition) is 3. The van der Waals surface area contributed by atoms with Crippen molar-refractivity contribution in [1.82, 2.24) is 4.31 Å². The molecule has 150 valence electrons. The molecule has 1 aliphatic rings. The van der Waals surface area contributed by atoms with Crippen molar-refractivity contribution in [2.24, 2.45) is 0 Å². The van der Waals surface area contributed by atoms with Crippen LogP contribution in [0.1, 0.15) is 36.8 Å². The molecule has 0 radical (unpaired) electrons. The topological polar surface area (TPSA) is 66.5 Å². The molecule has 1 aliphatic heterocycles. The van der Waals surface area contributed by atoms with E-state index in [0.717, 1.165) is 34.1 Å². The summed E-state index contributed by atoms with van der Waals surface area (Å²) in [6, 6.07) is 12.2. The van der Waals surface area contributed by atoms with Crippen molar-refractivity contribution < 1.29 is 13.2 Å². The maximum absolute atomic E-state index is 13.1. The van der Waals surface area contributed by atoms with Crippen LogP contribution in [0.5, 0.6) is 0 Å². The first-order valence-electron chi connectivity index (χ1n) is 9.42. The van der Waals surface area contributed by atoms with Crippen LogP contribution < -0.4 is 5.32 Å². The second-order valence-electron chi connectivity index (χ2n) is 7.29. The Bertz CT molecular complexity index is 958. The molecule has 1 heterocycles. The average molecular weight is 465 g/mol. The quantitative estimate of drug-likeness (QED) is 0.700. The molecule has 0 spiro atoms. The van der Waals surface area contributed by atoms with Gasteiger partial charge in [0.25, 0.3) is 0 Å². The van der Waals surface area contributed by atoms with Gasteiger partial charge in [0.1, 0.15) is 0 Å². The summed E-state index contributed by atoms with van der Waals surface area (Å²) in [6.07, 6.45) is 2.59. The second kappa shape index (κ2) is 8.76. The van der Waals surface area contributed by atoms with Gasteiger partial charge in [0.15, 0.2) is 0 Å². The van der Waals surface area contributed by atoms with Crippen LogP contribution >= 0.6 is 15.9 Å². The van der Waals surface area contributed by atoms with Crippen molar-refractivity contribution in [2.45, 2.75) is 50.5 Å². The first kappa shape index (κ1) is 21.0. The minimum Gasteiger partial charge on any atom is -0.326 e. The van der Waals surface area contributed by atoms with Gasteiger partial charge in [-0.2, -0.15) is 4.31 Å². The van der Waals surface area contributed by atoms with E-state index in [1.54, 1.807) is 24.3 Å². The standard InChI is InChI=1S/C21H25BrN2O3S/c1-15-6-9-19(10-7-15)28(26,27)24-12-4-3-5-18(24)14-21(25)23-17-8-11-20(22)16(2)13-17/h6-11,13,18H,3-5,12,14H2,1-2H3,(H,23,25). The Hall–Kier alpha value is -1.70. The fourth-order valence-electron chi connectivity index (χ4n) is 3.49. The minimum atomic E-state index is -3.61. The Morgan fingerprint density at radius 3 is 2.54 bits per heavy atom. The maximum atomic E-state index is 13.1. The van der Waals surface area contributed by atoms with E-state index < -0.39 is 10.0 Å². The number of carbonyl (C=O) groups excluding carboxylic acids is 1. The number of benzene rings is 2. The van der Waals surface area contributed by atoms with Gasteiger partial charge >= 0.3 is 0 Å². The summed E-state index contributed by atoms with van der Waals surface area (Å²) < 4.78 is 28.7. The number of hydrogen-bond donors (Lipinski definition) is 1. The number of rotatable bonds is 5. The Kier molecular flexibility index (Phi) is 6.58. The molecule has 1 N–H and O–H groups in total. The van der Waals surface area contributed by atoms with E-state index in [0.29, 0.717) is 13.0 Å². The summed E-state index contributed by atoms with van der Waals surface area (Å²) in [5.41, 5.74) is 2.76. The van der Waals surface area contributed by atoms with Gasteiger partial charge < -0.3 is 5.32 Å². The molecule has 1 saturated heterocycles. The third-order valence-electron chi connectivity index (χ3n) is 5.06. The number of sulfonamides is 1. The summed E-state index contributed by atoms with van der Waals surface area (Å²) in [5.74, 6) is -0.169. The van der Waals surface area contributed by atoms with E-state index in [2.05, 4.69) is 21.2 Å². The van der Waals surface area contributed by atoms with Gasteiger partial charge in [-0.15, -0.1) is 0 Å². The van der Waals surface area contributed by atoms with Gasteiger partial charge in [-0.1, -0.05) is 40.0 Å². The number of nitrogens with zero attached hydrogens (tertiary/aromatic N) is 1. The molecule has 1 amide bonds. The summed E-state index contributed by atoms with van der Waals surface area (Å²) >= 11 is 3.45. The van der Waals surface area contributed by atoms with E-state index in [-0.39, 0.29) is 23.3 Å². The van der Waals surface area contributed by atoms with Crippen molar-refractivity contribution in [3.8, 4) is 0 Å². The van der Waals surface area contributed by atoms with Crippen molar-refractivity contribution in [3.63, 3.8) is 0 Å². The summed E-state index contributed by atoms with van der Waals surface area (Å²) in [5, 5.41) is 2.90. The molecule has 0 saturated carbocycles. The number of nitrogens with one attached hydrogen (secondary N) is 1. The van der Waals surface area contributed by atoms with Gasteiger partial charge in [0.2, 0.25) is 15.9 Å². The van der Waals surface area contributed by atoms with Crippen molar-refractivity contribution in [2.75, 3.05) is 11.9 Å². The maximum Gasteiger partial charge on any atom is 0.243 e. The van der Waals surface area contributed by atoms with Crippen molar-refractivity contribution in [1.29, 1.82) is 0 Å². The molecule has 1 unspecified atom stereocenters. The highest BCUT2D eigenvalue weighted by atomic mass is 79.9. The number of amides is 1. The number of aryl methyl sites for hydroxylation is 2. The zero-order valence-electron chi connectivity index (χ0n) is 16.1. The molecule has 3 rings (SSSR count). The lowest BCUT2D eigenvalue weighted by Gasteiger charge is -2.34. The molecule has 28 heavy (non-hydrogen) atoms. The summed E-state index contributed by atoms with van der Waals surface area (Å²) in [7, 11) is -3.61. The molecule has 0 bridgehead atoms. The minimum absolute atomic E-state index is 0.153. The first-order valence-corrected chi connectivity index (χ1v) is 11.7. The molecule has 7 heteroatoms. The first-order chi connectivity index (χ1) is 13.3. The van der Waals surface area contributed by atoms with Crippen LogP contribution in [0, 0.1) is 13.8 Å². The number of anilines is 1. The highest BCUT2D eigenvalue weighted by Crippen LogP contribution is 2.28. The highest BCUT2D eigenvalue weighted by molar-refractivity contribution is 9.10. The molecule has 5 nitrogen and oxygen atoms in total. The molecule has 0 aromatic heterocycles. The number of carbonyl (C=O) groups is 1. The van der Waals surface area contributed by atoms with Crippen LogP contribution in [-0.4, -0.2) is 31.2 Å². The predicted molar refractivity (Wildman–Crippen MR) is 115 cm³/mol. The largest absolute Gasteiger partial charge is 0.326 e. The molecule has 2 aromatic carbocycles. The van der Waals surface area contributed by atoms with E-state index in [1.165, 1.54) is 4.31 Å². The summed E-state index contributed by atoms with van der Waals surface area (Å²) in [6.45, 7) is 4.33. The van der Waals surface area contributed by atoms with Crippen LogP contribution in [0.15, 0.2) is 51.8 Å². The molecule has 1 fully saturated rings. The fraction of sp³-hybridized carbons (Fsp3) is 0.381. The lowest BCUT2D eigenvalue weighted by Crippen LogP contribution is -2.45. The van der Waals surface area contributed by atoms with Gasteiger partial charge in [0.05, 0.1) is 4.90 Å². The van der Waals surface area contributed by atoms with Gasteiger partial charge in [-0.25, -0.2) is 8.42 Å². The highest BCUT2D eigenvalue weighted by Gasteiger charge is 2.34. The SMILES string of the molecule is Cc1ccc(S(=O)(=O)N2CCCCC2CC(=O)Nc2ccc(Br)c(C)c2)cc1. The summed E-state index contributed by atoms with van der Waals surface area (Å²) in [4.78, 5) is 12.9. The zero-order chi connectivity index (χ0) is 20.3. The predicted octanol–water partition coefficient (Wildman–Crippen LogP) is 4.64. The van der Waals surface area contributed by atoms with Crippen LogP contribution in [-0.2, 0) is 14.8 Å². The number of halogens is 1. The van der Waals surface area contributed by atoms with Gasteiger partial charge in [-0.3, -0.25) is 4.79 Å². The second-order valence-corrected chi connectivity index (χ2v) is 10.0. The van der Waals surface area contributed by atoms with E-state index in [1.807, 2.05) is 32.0 Å². The number of piperidine rings is 1. The third kappa shape index (κ3) is 4.82. The molecule has 2 aromatic rings. The van der Waals surface area contributed by atoms with Crippen molar-refractivity contribution in [3.05, 3.63) is 58.1 Å². The van der Waals surface area contributed by atoms with Crippen molar-refractivity contribution >= 4 is 37.5 Å². The lowest BCUT2D eigenvalue weighted by molar-refractivity contribution is -0.117. The van der Waals surface area contributed by atoms with E-state index in [4.69, 9.17) is 0 Å². The van der Waals surface area contributed by atoms with Gasteiger partial charge in [0, 0.05) is 29.2 Å². The third-order valence-corrected chi connectivity index (χ3v) is 7.92. The van der Waals surface area contributed by atoms with E-state index >= 15 is 0 Å². The van der Waals surface area contributed by atoms with Crippen LogP contribution in [0.3, 0.4) is 0 Å². The monoisotopic (exact) mass is 464 g/mol. The molecular formula is C21H25BrN2O3S. The lowest BCUT2D eigenvalue weighted by atomic mass is 10.0. The van der Waals surface area contributed by atoms with Crippen LogP contribution in [0.4, 0.5) is 5.69 Å². The molecule has 0 aliphatic carbocycles. The molecule has 1 atom stereocenters. The Morgan fingerprint density at radius 1 is 1.14 bits per heavy atom. The zero-order valence-corrected chi connectivity index (χ0v) is 18.5. The van der Waals surface area contributed by atoms with Crippen LogP contribution in [0.2, 0.25) is 0 Å². The Morgan fingerprint density at radius 2 is 1.86 bits per heavy atom. The molecular weight excluding hydrogens is 440 g/mol. The van der Waals surface area contributed by atoms with E-state index in [9.17, 15) is 13.2 Å². The van der Waals surface area contributed by atoms with Crippen LogP contribution in [0.25, 0.3) is 0 Å². The normalized spacial score (nSPS) is 18.0. The van der Waals surface area contributed by atoms with Gasteiger partial charge in [-0.05, 0) is 62.6 Å². The average Bonchev–Trinajstić information content (AvgIpc) is 2.65. The Balaban J connectivity index is 1.74. The Labute approximate surface area is 175 Å².